The Morgan fingerprint density at radius 2 is 1.89 bits per heavy atom. The Hall–Kier alpha value is -3.48. The van der Waals surface area contributed by atoms with Gasteiger partial charge in [0.2, 0.25) is 11.9 Å². The van der Waals surface area contributed by atoms with Gasteiger partial charge in [0.05, 0.1) is 12.1 Å². The van der Waals surface area contributed by atoms with E-state index in [1.807, 2.05) is 11.0 Å². The summed E-state index contributed by atoms with van der Waals surface area (Å²) >= 11 is 0. The number of likely N-dealkylation sites (N-methyl/N-ethyl adjacent to an activating group) is 1. The quantitative estimate of drug-likeness (QED) is 0.331. The maximum atomic E-state index is 12.7. The first kappa shape index (κ1) is 29.1. The number of aromatic nitrogens is 3. The largest absolute Gasteiger partial charge is 0.480 e. The van der Waals surface area contributed by atoms with Crippen LogP contribution in [-0.2, 0) is 28.6 Å². The molecule has 3 heterocycles. The second kappa shape index (κ2) is 13.4. The molecule has 0 aromatic carbocycles. The van der Waals surface area contributed by atoms with Crippen LogP contribution < -0.4 is 10.6 Å². The van der Waals surface area contributed by atoms with E-state index in [9.17, 15) is 27.9 Å². The van der Waals surface area contributed by atoms with Crippen LogP contribution in [0.1, 0.15) is 42.5 Å². The number of hydrogen-bond acceptors (Lipinski definition) is 8. The molecule has 3 N–H and O–H groups in total. The number of alkyl halides is 3. The lowest BCUT2D eigenvalue weighted by molar-refractivity contribution is -0.139. The summed E-state index contributed by atoms with van der Waals surface area (Å²) in [5, 5.41) is 15.5. The molecule has 1 amide bonds. The predicted molar refractivity (Wildman–Crippen MR) is 136 cm³/mol. The van der Waals surface area contributed by atoms with Crippen LogP contribution in [0.15, 0.2) is 24.5 Å². The number of hydrogen-bond donors (Lipinski definition) is 3. The second-order valence-electron chi connectivity index (χ2n) is 9.48. The van der Waals surface area contributed by atoms with E-state index in [0.29, 0.717) is 18.9 Å². The Bertz CT molecular complexity index is 1080. The lowest BCUT2D eigenvalue weighted by atomic mass is 10.1. The van der Waals surface area contributed by atoms with Crippen molar-refractivity contribution >= 4 is 23.6 Å². The van der Waals surface area contributed by atoms with E-state index in [0.717, 1.165) is 50.2 Å². The third kappa shape index (κ3) is 8.82. The molecule has 0 unspecified atom stereocenters. The van der Waals surface area contributed by atoms with Gasteiger partial charge in [-0.1, -0.05) is 6.07 Å². The summed E-state index contributed by atoms with van der Waals surface area (Å²) in [5.74, 6) is -0.567. The van der Waals surface area contributed by atoms with Crippen LogP contribution in [0.2, 0.25) is 0 Å². The lowest BCUT2D eigenvalue weighted by Gasteiger charge is -2.25. The van der Waals surface area contributed by atoms with Gasteiger partial charge in [0.1, 0.15) is 11.9 Å². The zero-order chi connectivity index (χ0) is 27.7. The van der Waals surface area contributed by atoms with Crippen LogP contribution in [0.25, 0.3) is 0 Å². The number of pyridine rings is 1. The number of aryl methyl sites for hydroxylation is 2. The number of carbonyl (C=O) groups is 2. The first-order valence-electron chi connectivity index (χ1n) is 12.6. The van der Waals surface area contributed by atoms with Gasteiger partial charge >= 0.3 is 12.1 Å². The Morgan fingerprint density at radius 3 is 2.55 bits per heavy atom. The van der Waals surface area contributed by atoms with Gasteiger partial charge in [0.25, 0.3) is 0 Å². The van der Waals surface area contributed by atoms with Gasteiger partial charge in [-0.15, -0.1) is 0 Å². The molecule has 13 heteroatoms. The van der Waals surface area contributed by atoms with Crippen molar-refractivity contribution in [3.63, 3.8) is 0 Å². The fourth-order valence-corrected chi connectivity index (χ4v) is 4.03. The minimum atomic E-state index is -4.59. The molecule has 0 spiro atoms. The fourth-order valence-electron chi connectivity index (χ4n) is 4.03. The molecule has 0 aliphatic carbocycles. The van der Waals surface area contributed by atoms with Gasteiger partial charge in [0.15, 0.2) is 0 Å². The molecular weight excluding hydrogens is 503 g/mol. The number of unbranched alkanes of at least 4 members (excludes halogenated alkanes) is 1. The van der Waals surface area contributed by atoms with Crippen molar-refractivity contribution in [3.05, 3.63) is 41.3 Å². The minimum absolute atomic E-state index is 0.0957. The number of carboxylic acids is 1. The molecule has 0 fully saturated rings. The zero-order valence-corrected chi connectivity index (χ0v) is 21.6. The van der Waals surface area contributed by atoms with Crippen LogP contribution in [-0.4, -0.2) is 88.1 Å². The number of amides is 1. The number of nitrogens with zero attached hydrogens (tertiary/aromatic N) is 5. The van der Waals surface area contributed by atoms with E-state index in [1.54, 1.807) is 14.1 Å². The van der Waals surface area contributed by atoms with Gasteiger partial charge in [-0.05, 0) is 56.7 Å². The molecule has 2 aromatic rings. The molecule has 0 radical (unpaired) electrons. The summed E-state index contributed by atoms with van der Waals surface area (Å²) < 4.78 is 38.2. The van der Waals surface area contributed by atoms with Gasteiger partial charge in [0, 0.05) is 45.3 Å². The highest BCUT2D eigenvalue weighted by atomic mass is 19.4. The van der Waals surface area contributed by atoms with Crippen molar-refractivity contribution in [2.75, 3.05) is 50.9 Å². The third-order valence-electron chi connectivity index (χ3n) is 6.28. The number of aliphatic carboxylic acids is 1. The number of carboxylic acid groups (broad SMARTS) is 1. The van der Waals surface area contributed by atoms with Gasteiger partial charge in [-0.25, -0.2) is 19.7 Å². The Labute approximate surface area is 219 Å². The van der Waals surface area contributed by atoms with Gasteiger partial charge < -0.3 is 20.6 Å². The topological polar surface area (TPSA) is 124 Å². The number of anilines is 2. The van der Waals surface area contributed by atoms with Crippen LogP contribution in [0.3, 0.4) is 0 Å². The van der Waals surface area contributed by atoms with Crippen molar-refractivity contribution in [3.8, 4) is 0 Å². The lowest BCUT2D eigenvalue weighted by Crippen LogP contribution is -2.40. The third-order valence-corrected chi connectivity index (χ3v) is 6.28. The summed E-state index contributed by atoms with van der Waals surface area (Å²) in [6.45, 7) is 1.91. The van der Waals surface area contributed by atoms with Crippen molar-refractivity contribution in [1.82, 2.24) is 24.8 Å². The smallest absolute Gasteiger partial charge is 0.419 e. The van der Waals surface area contributed by atoms with Gasteiger partial charge in [-0.3, -0.25) is 9.69 Å². The molecule has 208 valence electrons. The van der Waals surface area contributed by atoms with Crippen LogP contribution >= 0.6 is 0 Å². The number of carbonyl (C=O) groups excluding carboxylic acids is 1. The monoisotopic (exact) mass is 537 g/mol. The van der Waals surface area contributed by atoms with Crippen molar-refractivity contribution in [1.29, 1.82) is 0 Å². The van der Waals surface area contributed by atoms with E-state index in [-0.39, 0.29) is 31.4 Å². The van der Waals surface area contributed by atoms with Crippen molar-refractivity contribution < 1.29 is 27.9 Å². The average molecular weight is 538 g/mol. The fraction of sp³-hybridized carbons (Fsp3) is 0.560. The standard InChI is InChI=1S/C25H34F3N7O3/c1-34(2)21(36)16-35(12-4-3-7-19-9-8-17-6-5-11-29-22(17)32-19)13-10-20(23(37)38)33-24-30-14-18(15-31-24)25(26,27)28/h8-9,14-15,20H,3-7,10-13,16H2,1-2H3,(H,29,32)(H,37,38)(H,30,31,33)/t20-/m0/s1. The summed E-state index contributed by atoms with van der Waals surface area (Å²) in [6, 6.07) is 3.02. The number of rotatable bonds is 13. The van der Waals surface area contributed by atoms with E-state index in [4.69, 9.17) is 4.98 Å². The molecule has 38 heavy (non-hydrogen) atoms. The Balaban J connectivity index is 1.54. The molecule has 1 atom stereocenters. The first-order chi connectivity index (χ1) is 18.0. The Kier molecular flexibility index (Phi) is 10.2. The highest BCUT2D eigenvalue weighted by Gasteiger charge is 2.31. The SMILES string of the molecule is CN(C)C(=O)CN(CCCCc1ccc2c(n1)NCCC2)CC[C@H](Nc1ncc(C(F)(F)F)cn1)C(=O)O. The van der Waals surface area contributed by atoms with Crippen molar-refractivity contribution in [2.45, 2.75) is 50.7 Å². The Morgan fingerprint density at radius 1 is 1.16 bits per heavy atom. The van der Waals surface area contributed by atoms with Crippen molar-refractivity contribution in [2.24, 2.45) is 0 Å². The van der Waals surface area contributed by atoms with E-state index in [2.05, 4.69) is 26.7 Å². The van der Waals surface area contributed by atoms with Gasteiger partial charge in [-0.2, -0.15) is 13.2 Å². The second-order valence-corrected chi connectivity index (χ2v) is 9.48. The van der Waals surface area contributed by atoms with Crippen LogP contribution in [0, 0.1) is 0 Å². The first-order valence-corrected chi connectivity index (χ1v) is 12.6. The highest BCUT2D eigenvalue weighted by Crippen LogP contribution is 2.28. The van der Waals surface area contributed by atoms with E-state index in [1.165, 1.54) is 10.5 Å². The molecule has 0 saturated carbocycles. The maximum absolute atomic E-state index is 12.7. The summed E-state index contributed by atoms with van der Waals surface area (Å²) in [4.78, 5) is 39.4. The molecule has 1 aliphatic rings. The number of fused-ring (bicyclic) bond motifs is 1. The minimum Gasteiger partial charge on any atom is -0.480 e. The number of halogens is 3. The van der Waals surface area contributed by atoms with E-state index < -0.39 is 23.8 Å². The normalized spacial score (nSPS) is 13.9. The number of nitrogens with one attached hydrogen (secondary N) is 2. The molecule has 0 saturated heterocycles. The summed E-state index contributed by atoms with van der Waals surface area (Å²) in [7, 11) is 3.31. The van der Waals surface area contributed by atoms with Crippen LogP contribution in [0.5, 0.6) is 0 Å². The summed E-state index contributed by atoms with van der Waals surface area (Å²) in [6.07, 6.45) is 1.25. The predicted octanol–water partition coefficient (Wildman–Crippen LogP) is 2.92. The van der Waals surface area contributed by atoms with E-state index >= 15 is 0 Å². The molecule has 10 nitrogen and oxygen atoms in total. The highest BCUT2D eigenvalue weighted by molar-refractivity contribution is 5.78. The average Bonchev–Trinajstić information content (AvgIpc) is 2.88. The molecule has 3 rings (SSSR count). The molecule has 1 aliphatic heterocycles. The molecular formula is C25H34F3N7O3. The maximum Gasteiger partial charge on any atom is 0.419 e. The zero-order valence-electron chi connectivity index (χ0n) is 21.6. The molecule has 0 bridgehead atoms. The van der Waals surface area contributed by atoms with Crippen LogP contribution in [0.4, 0.5) is 24.9 Å². The summed E-state index contributed by atoms with van der Waals surface area (Å²) in [5.41, 5.74) is 1.21. The molecule has 2 aromatic heterocycles.